The summed E-state index contributed by atoms with van der Waals surface area (Å²) >= 11 is 0.527. The summed E-state index contributed by atoms with van der Waals surface area (Å²) in [5.41, 5.74) is 9.88. The maximum absolute atomic E-state index is 6.72. The summed E-state index contributed by atoms with van der Waals surface area (Å²) in [4.78, 5) is 9.96. The summed E-state index contributed by atoms with van der Waals surface area (Å²) in [6.45, 7) is 18.1. The molecule has 4 aromatic carbocycles. The first-order chi connectivity index (χ1) is 24.3. The van der Waals surface area contributed by atoms with Gasteiger partial charge in [0.25, 0.3) is 0 Å². The molecule has 4 heterocycles. The number of rotatable bonds is 6. The Hall–Kier alpha value is -3.98. The molecule has 5 heteroatoms. The minimum atomic E-state index is 0.259. The van der Waals surface area contributed by atoms with Crippen LogP contribution >= 0.6 is 0 Å². The zero-order chi connectivity index (χ0) is 35.7. The van der Waals surface area contributed by atoms with Crippen molar-refractivity contribution in [3.63, 3.8) is 0 Å². The van der Waals surface area contributed by atoms with Gasteiger partial charge in [0, 0.05) is 0 Å². The van der Waals surface area contributed by atoms with Gasteiger partial charge in [-0.25, -0.2) is 0 Å². The van der Waals surface area contributed by atoms with E-state index in [0.29, 0.717) is 0 Å². The van der Waals surface area contributed by atoms with E-state index in [-0.39, 0.29) is 39.8 Å². The molecule has 4 aromatic heterocycles. The maximum atomic E-state index is 6.72. The van der Waals surface area contributed by atoms with E-state index >= 15 is 0 Å². The molecule has 0 saturated carbocycles. The Morgan fingerprint density at radius 1 is 0.510 bits per heavy atom. The minimum absolute atomic E-state index is 0.259. The van der Waals surface area contributed by atoms with E-state index in [0.717, 1.165) is 58.0 Å². The third-order valence-electron chi connectivity index (χ3n) is 9.25. The van der Waals surface area contributed by atoms with Crippen molar-refractivity contribution in [3.8, 4) is 34.0 Å². The molecule has 0 N–H and O–H groups in total. The van der Waals surface area contributed by atoms with Crippen LogP contribution in [0.25, 0.3) is 61.1 Å². The fraction of sp³-hybridized carbons (Fsp3) is 0.261. The van der Waals surface area contributed by atoms with Gasteiger partial charge in [-0.15, -0.1) is 0 Å². The molecule has 256 valence electrons. The van der Waals surface area contributed by atoms with Gasteiger partial charge >= 0.3 is 315 Å². The average molecular weight is 799 g/mol. The van der Waals surface area contributed by atoms with Gasteiger partial charge in [0.2, 0.25) is 0 Å². The quantitative estimate of drug-likeness (QED) is 0.157. The van der Waals surface area contributed by atoms with Crippen molar-refractivity contribution in [1.29, 1.82) is 0 Å². The fourth-order valence-electron chi connectivity index (χ4n) is 7.44. The predicted octanol–water partition coefficient (Wildman–Crippen LogP) is 12.1. The van der Waals surface area contributed by atoms with E-state index in [1.807, 2.05) is 12.4 Å². The van der Waals surface area contributed by atoms with Gasteiger partial charge in [-0.3, -0.25) is 0 Å². The van der Waals surface area contributed by atoms with E-state index in [1.54, 1.807) is 0 Å². The number of pyridine rings is 2. The van der Waals surface area contributed by atoms with Crippen LogP contribution in [0.4, 0.5) is 0 Å². The van der Waals surface area contributed by atoms with Crippen molar-refractivity contribution < 1.29 is 4.74 Å². The van der Waals surface area contributed by atoms with Crippen molar-refractivity contribution in [3.05, 3.63) is 120 Å². The average Bonchev–Trinajstić information content (AvgIpc) is 3.60. The van der Waals surface area contributed by atoms with E-state index in [4.69, 9.17) is 14.7 Å². The fourth-order valence-corrected chi connectivity index (χ4v) is 12.3. The van der Waals surface area contributed by atoms with Crippen molar-refractivity contribution in [2.75, 3.05) is 0 Å². The number of aromatic nitrogens is 2. The van der Waals surface area contributed by atoms with Crippen LogP contribution < -0.4 is 4.74 Å². The summed E-state index contributed by atoms with van der Waals surface area (Å²) in [6.07, 6.45) is 6.10. The molecule has 8 aromatic rings. The second-order valence-electron chi connectivity index (χ2n) is 16.6. The SMILES string of the molecule is Cc1cc(Oc2cc(C)cc(-c3nccc4[se]c5cc(CC(C)(C)C)ccc5c34)c2)cc(-c2nccc3[se]c4cc(CC(C)(C)C)ccc4c23)c1. The first kappa shape index (κ1) is 34.1. The number of aryl methyl sites for hydroxylation is 2. The van der Waals surface area contributed by atoms with Gasteiger partial charge in [-0.1, -0.05) is 0 Å². The number of hydrogen-bond acceptors (Lipinski definition) is 3. The van der Waals surface area contributed by atoms with Crippen LogP contribution in [-0.2, 0) is 12.8 Å². The summed E-state index contributed by atoms with van der Waals surface area (Å²) in [5, 5.41) is 5.21. The van der Waals surface area contributed by atoms with Crippen LogP contribution in [0.2, 0.25) is 0 Å². The molecule has 8 rings (SSSR count). The second kappa shape index (κ2) is 12.9. The molecule has 0 unspecified atom stereocenters. The Kier molecular flexibility index (Phi) is 8.63. The zero-order valence-electron chi connectivity index (χ0n) is 30.8. The number of benzene rings is 4. The van der Waals surface area contributed by atoms with Gasteiger partial charge < -0.3 is 0 Å². The van der Waals surface area contributed by atoms with Gasteiger partial charge in [0.1, 0.15) is 0 Å². The molecule has 0 atom stereocenters. The third kappa shape index (κ3) is 7.11. The first-order valence-electron chi connectivity index (χ1n) is 17.8. The number of hydrogen-bond donors (Lipinski definition) is 0. The molecular weight excluding hydrogens is 754 g/mol. The van der Waals surface area contributed by atoms with Crippen molar-refractivity contribution >= 4 is 67.6 Å². The molecule has 0 spiro atoms. The van der Waals surface area contributed by atoms with Crippen molar-refractivity contribution in [2.24, 2.45) is 10.8 Å². The zero-order valence-corrected chi connectivity index (χ0v) is 34.2. The van der Waals surface area contributed by atoms with E-state index in [1.165, 1.54) is 49.7 Å². The van der Waals surface area contributed by atoms with Crippen LogP contribution in [0, 0.1) is 24.7 Å². The number of nitrogens with zero attached hydrogens (tertiary/aromatic N) is 2. The van der Waals surface area contributed by atoms with E-state index in [2.05, 4.69) is 140 Å². The Morgan fingerprint density at radius 2 is 0.941 bits per heavy atom. The Morgan fingerprint density at radius 3 is 1.35 bits per heavy atom. The van der Waals surface area contributed by atoms with Crippen LogP contribution in [-0.4, -0.2) is 39.0 Å². The first-order valence-corrected chi connectivity index (χ1v) is 21.2. The Labute approximate surface area is 313 Å². The Bertz CT molecular complexity index is 2430. The molecule has 51 heavy (non-hydrogen) atoms. The normalized spacial score (nSPS) is 12.5. The molecule has 0 radical (unpaired) electrons. The Balaban J connectivity index is 1.16. The molecule has 0 bridgehead atoms. The molecule has 0 aliphatic heterocycles. The van der Waals surface area contributed by atoms with Gasteiger partial charge in [0.05, 0.1) is 0 Å². The van der Waals surface area contributed by atoms with Crippen molar-refractivity contribution in [1.82, 2.24) is 9.97 Å². The van der Waals surface area contributed by atoms with Crippen LogP contribution in [0.15, 0.2) is 97.3 Å². The van der Waals surface area contributed by atoms with Crippen molar-refractivity contribution in [2.45, 2.75) is 68.2 Å². The second-order valence-corrected chi connectivity index (χ2v) is 21.1. The summed E-state index contributed by atoms with van der Waals surface area (Å²) in [6, 6.07) is 31.6. The molecular formula is C46H44N2OSe2. The monoisotopic (exact) mass is 800 g/mol. The topological polar surface area (TPSA) is 35.0 Å². The summed E-state index contributed by atoms with van der Waals surface area (Å²) < 4.78 is 12.4. The number of ether oxygens (including phenoxy) is 1. The predicted molar refractivity (Wildman–Crippen MR) is 219 cm³/mol. The third-order valence-corrected chi connectivity index (χ3v) is 13.9. The van der Waals surface area contributed by atoms with Gasteiger partial charge in [-0.2, -0.15) is 0 Å². The van der Waals surface area contributed by atoms with Gasteiger partial charge in [0.15, 0.2) is 0 Å². The van der Waals surface area contributed by atoms with E-state index < -0.39 is 0 Å². The number of fused-ring (bicyclic) bond motifs is 6. The molecule has 0 fully saturated rings. The molecule has 0 amide bonds. The summed E-state index contributed by atoms with van der Waals surface area (Å²) in [5.74, 6) is 1.63. The van der Waals surface area contributed by atoms with Crippen LogP contribution in [0.1, 0.15) is 63.8 Å². The standard InChI is InChI=1S/C46H44N2OSe2/c1-27-17-31(43-41-35-11-9-29(25-45(3,4)5)21-39(35)50-37(41)13-15-47-43)23-33(19-27)49-34-20-28(2)18-32(24-34)44-42-36-12-10-30(26-46(6,7)8)22-40(36)51-38(42)14-16-48-44/h9-24H,25-26H2,1-8H3. The molecule has 0 aliphatic carbocycles. The van der Waals surface area contributed by atoms with E-state index in [9.17, 15) is 0 Å². The molecule has 0 aliphatic rings. The molecule has 3 nitrogen and oxygen atoms in total. The summed E-state index contributed by atoms with van der Waals surface area (Å²) in [7, 11) is 0. The van der Waals surface area contributed by atoms with Crippen LogP contribution in [0.5, 0.6) is 11.5 Å². The van der Waals surface area contributed by atoms with Crippen LogP contribution in [0.3, 0.4) is 0 Å². The molecule has 0 saturated heterocycles. The van der Waals surface area contributed by atoms with Gasteiger partial charge in [-0.05, 0) is 0 Å².